The molecule has 3 aromatic rings. The Labute approximate surface area is 146 Å². The van der Waals surface area contributed by atoms with Gasteiger partial charge < -0.3 is 10.3 Å². The molecule has 0 unspecified atom stereocenters. The summed E-state index contributed by atoms with van der Waals surface area (Å²) in [5.74, 6) is 0.152. The molecular formula is C15H12Cl2N4OS. The number of nitrogens with zero attached hydrogens (tertiary/aromatic N) is 2. The SMILES string of the molecule is O=C(CSc1nc2ncc(Cl)cc2[nH]1)NCc1ccccc1Cl. The summed E-state index contributed by atoms with van der Waals surface area (Å²) in [6.07, 6.45) is 1.54. The van der Waals surface area contributed by atoms with Gasteiger partial charge in [-0.2, -0.15) is 0 Å². The number of H-pyrrole nitrogens is 1. The van der Waals surface area contributed by atoms with Gasteiger partial charge in [0.15, 0.2) is 10.8 Å². The molecule has 2 N–H and O–H groups in total. The normalized spacial score (nSPS) is 10.9. The number of thioether (sulfide) groups is 1. The van der Waals surface area contributed by atoms with Crippen molar-refractivity contribution in [3.63, 3.8) is 0 Å². The van der Waals surface area contributed by atoms with Crippen molar-refractivity contribution in [3.8, 4) is 0 Å². The zero-order valence-corrected chi connectivity index (χ0v) is 14.2. The van der Waals surface area contributed by atoms with E-state index in [1.807, 2.05) is 18.2 Å². The Hall–Kier alpha value is -1.76. The van der Waals surface area contributed by atoms with Crippen molar-refractivity contribution in [3.05, 3.63) is 52.1 Å². The quantitative estimate of drug-likeness (QED) is 0.675. The van der Waals surface area contributed by atoms with Gasteiger partial charge in [0.05, 0.1) is 16.3 Å². The second-order valence-electron chi connectivity index (χ2n) is 4.72. The summed E-state index contributed by atoms with van der Waals surface area (Å²) in [5.41, 5.74) is 2.21. The number of aromatic nitrogens is 3. The van der Waals surface area contributed by atoms with Crippen LogP contribution in [0.3, 0.4) is 0 Å². The summed E-state index contributed by atoms with van der Waals surface area (Å²) < 4.78 is 0. The number of hydrogen-bond donors (Lipinski definition) is 2. The molecule has 0 spiro atoms. The molecule has 23 heavy (non-hydrogen) atoms. The molecule has 3 rings (SSSR count). The van der Waals surface area contributed by atoms with Crippen LogP contribution in [-0.4, -0.2) is 26.6 Å². The van der Waals surface area contributed by atoms with Crippen LogP contribution in [-0.2, 0) is 11.3 Å². The molecule has 0 saturated carbocycles. The first-order valence-corrected chi connectivity index (χ1v) is 8.50. The van der Waals surface area contributed by atoms with Crippen LogP contribution < -0.4 is 5.32 Å². The van der Waals surface area contributed by atoms with Gasteiger partial charge in [0, 0.05) is 17.8 Å². The monoisotopic (exact) mass is 366 g/mol. The van der Waals surface area contributed by atoms with Gasteiger partial charge in [-0.25, -0.2) is 9.97 Å². The number of fused-ring (bicyclic) bond motifs is 1. The molecule has 0 radical (unpaired) electrons. The zero-order valence-electron chi connectivity index (χ0n) is 11.8. The fourth-order valence-corrected chi connectivity index (χ4v) is 3.00. The average molecular weight is 367 g/mol. The molecule has 2 heterocycles. The van der Waals surface area contributed by atoms with Crippen molar-refractivity contribution in [2.75, 3.05) is 5.75 Å². The van der Waals surface area contributed by atoms with Crippen molar-refractivity contribution in [2.24, 2.45) is 0 Å². The standard InChI is InChI=1S/C15H12Cl2N4OS/c16-10-5-12-14(19-7-10)21-15(20-12)23-8-13(22)18-6-9-3-1-2-4-11(9)17/h1-5,7H,6,8H2,(H,18,22)(H,19,20,21). The van der Waals surface area contributed by atoms with Crippen LogP contribution >= 0.6 is 35.0 Å². The fraction of sp³-hybridized carbons (Fsp3) is 0.133. The molecule has 0 atom stereocenters. The molecule has 1 aromatic carbocycles. The number of imidazole rings is 1. The topological polar surface area (TPSA) is 70.7 Å². The number of carbonyl (C=O) groups excluding carboxylic acids is 1. The van der Waals surface area contributed by atoms with Gasteiger partial charge in [0.25, 0.3) is 0 Å². The van der Waals surface area contributed by atoms with Gasteiger partial charge >= 0.3 is 0 Å². The molecule has 8 heteroatoms. The van der Waals surface area contributed by atoms with Crippen LogP contribution in [0.25, 0.3) is 11.2 Å². The molecule has 0 bridgehead atoms. The largest absolute Gasteiger partial charge is 0.351 e. The molecule has 5 nitrogen and oxygen atoms in total. The minimum Gasteiger partial charge on any atom is -0.351 e. The summed E-state index contributed by atoms with van der Waals surface area (Å²) in [4.78, 5) is 23.4. The van der Waals surface area contributed by atoms with Crippen LogP contribution in [0.2, 0.25) is 10.0 Å². The lowest BCUT2D eigenvalue weighted by molar-refractivity contribution is -0.118. The zero-order chi connectivity index (χ0) is 16.2. The Kier molecular flexibility index (Phi) is 5.05. The number of amides is 1. The highest BCUT2D eigenvalue weighted by Crippen LogP contribution is 2.20. The van der Waals surface area contributed by atoms with Gasteiger partial charge in [-0.05, 0) is 17.7 Å². The van der Waals surface area contributed by atoms with Gasteiger partial charge in [0.2, 0.25) is 5.91 Å². The summed E-state index contributed by atoms with van der Waals surface area (Å²) >= 11 is 13.2. The highest BCUT2D eigenvalue weighted by molar-refractivity contribution is 7.99. The summed E-state index contributed by atoms with van der Waals surface area (Å²) in [7, 11) is 0. The second-order valence-corrected chi connectivity index (χ2v) is 6.53. The third-order valence-electron chi connectivity index (χ3n) is 3.06. The van der Waals surface area contributed by atoms with Crippen LogP contribution in [0.4, 0.5) is 0 Å². The maximum absolute atomic E-state index is 11.9. The molecule has 0 aliphatic rings. The first-order valence-electron chi connectivity index (χ1n) is 6.76. The minimum absolute atomic E-state index is 0.0960. The van der Waals surface area contributed by atoms with E-state index >= 15 is 0 Å². The predicted molar refractivity (Wildman–Crippen MR) is 92.9 cm³/mol. The van der Waals surface area contributed by atoms with E-state index in [9.17, 15) is 4.79 Å². The molecule has 0 aliphatic carbocycles. The average Bonchev–Trinajstić information content (AvgIpc) is 2.94. The lowest BCUT2D eigenvalue weighted by Crippen LogP contribution is -2.24. The molecule has 0 saturated heterocycles. The Bertz CT molecular complexity index is 852. The van der Waals surface area contributed by atoms with E-state index in [4.69, 9.17) is 23.2 Å². The Balaban J connectivity index is 1.54. The summed E-state index contributed by atoms with van der Waals surface area (Å²) in [6, 6.07) is 9.16. The molecule has 2 aromatic heterocycles. The van der Waals surface area contributed by atoms with Crippen molar-refractivity contribution < 1.29 is 4.79 Å². The van der Waals surface area contributed by atoms with Crippen molar-refractivity contribution in [1.82, 2.24) is 20.3 Å². The van der Waals surface area contributed by atoms with Crippen LogP contribution in [0, 0.1) is 0 Å². The number of aromatic amines is 1. The van der Waals surface area contributed by atoms with E-state index in [-0.39, 0.29) is 11.7 Å². The molecule has 118 valence electrons. The number of pyridine rings is 1. The van der Waals surface area contributed by atoms with Gasteiger partial charge in [-0.1, -0.05) is 53.2 Å². The molecular weight excluding hydrogens is 355 g/mol. The van der Waals surface area contributed by atoms with E-state index in [2.05, 4.69) is 20.3 Å². The van der Waals surface area contributed by atoms with Crippen molar-refractivity contribution in [2.45, 2.75) is 11.7 Å². The van der Waals surface area contributed by atoms with Gasteiger partial charge in [-0.15, -0.1) is 0 Å². The Morgan fingerprint density at radius 1 is 1.30 bits per heavy atom. The Morgan fingerprint density at radius 3 is 2.96 bits per heavy atom. The summed E-state index contributed by atoms with van der Waals surface area (Å²) in [5, 5.41) is 4.63. The number of nitrogens with one attached hydrogen (secondary N) is 2. The minimum atomic E-state index is -0.0960. The summed E-state index contributed by atoms with van der Waals surface area (Å²) in [6.45, 7) is 0.399. The van der Waals surface area contributed by atoms with E-state index in [1.165, 1.54) is 18.0 Å². The van der Waals surface area contributed by atoms with Crippen molar-refractivity contribution in [1.29, 1.82) is 0 Å². The lowest BCUT2D eigenvalue weighted by Gasteiger charge is -2.06. The molecule has 0 fully saturated rings. The third-order valence-corrected chi connectivity index (χ3v) is 4.50. The number of carbonyl (C=O) groups is 1. The number of benzene rings is 1. The van der Waals surface area contributed by atoms with Crippen molar-refractivity contribution >= 4 is 52.0 Å². The maximum Gasteiger partial charge on any atom is 0.230 e. The highest BCUT2D eigenvalue weighted by atomic mass is 35.5. The van der Waals surface area contributed by atoms with Crippen LogP contribution in [0.15, 0.2) is 41.7 Å². The van der Waals surface area contributed by atoms with E-state index < -0.39 is 0 Å². The van der Waals surface area contributed by atoms with E-state index in [0.717, 1.165) is 11.1 Å². The van der Waals surface area contributed by atoms with E-state index in [0.29, 0.717) is 27.4 Å². The fourth-order valence-electron chi connectivity index (χ4n) is 1.94. The molecule has 0 aliphatic heterocycles. The van der Waals surface area contributed by atoms with Crippen LogP contribution in [0.5, 0.6) is 0 Å². The van der Waals surface area contributed by atoms with E-state index in [1.54, 1.807) is 12.1 Å². The smallest absolute Gasteiger partial charge is 0.230 e. The number of hydrogen-bond acceptors (Lipinski definition) is 4. The number of halogens is 2. The van der Waals surface area contributed by atoms with Crippen LogP contribution in [0.1, 0.15) is 5.56 Å². The molecule has 1 amide bonds. The first-order chi connectivity index (χ1) is 11.1. The highest BCUT2D eigenvalue weighted by Gasteiger charge is 2.09. The van der Waals surface area contributed by atoms with Gasteiger partial charge in [-0.3, -0.25) is 4.79 Å². The first kappa shape index (κ1) is 16.1. The lowest BCUT2D eigenvalue weighted by atomic mass is 10.2. The maximum atomic E-state index is 11.9. The second kappa shape index (κ2) is 7.21. The Morgan fingerprint density at radius 2 is 2.13 bits per heavy atom. The predicted octanol–water partition coefficient (Wildman–Crippen LogP) is 3.67. The third kappa shape index (κ3) is 4.16. The van der Waals surface area contributed by atoms with Gasteiger partial charge in [0.1, 0.15) is 0 Å². The number of rotatable bonds is 5.